The number of rotatable bonds is 7. The lowest BCUT2D eigenvalue weighted by Gasteiger charge is -2.09. The molecule has 0 heterocycles. The van der Waals surface area contributed by atoms with Gasteiger partial charge in [0.15, 0.2) is 0 Å². The minimum Gasteiger partial charge on any atom is -0.487 e. The first kappa shape index (κ1) is 21.7. The number of benzene rings is 2. The van der Waals surface area contributed by atoms with Crippen molar-refractivity contribution in [3.8, 4) is 5.75 Å². The van der Waals surface area contributed by atoms with E-state index in [1.807, 2.05) is 26.0 Å². The van der Waals surface area contributed by atoms with E-state index in [1.165, 1.54) is 6.21 Å². The van der Waals surface area contributed by atoms with Crippen LogP contribution >= 0.6 is 23.2 Å². The number of hydrogen-bond donors (Lipinski definition) is 2. The second-order valence-electron chi connectivity index (χ2n) is 6.41. The molecule has 2 N–H and O–H groups in total. The van der Waals surface area contributed by atoms with Crippen molar-refractivity contribution in [1.29, 1.82) is 0 Å². The molecule has 0 unspecified atom stereocenters. The highest BCUT2D eigenvalue weighted by Gasteiger charge is 2.12. The molecule has 0 radical (unpaired) electrons. The summed E-state index contributed by atoms with van der Waals surface area (Å²) in [6.07, 6.45) is 1.39. The summed E-state index contributed by atoms with van der Waals surface area (Å²) in [5.41, 5.74) is 3.78. The number of hydrogen-bond acceptors (Lipinski definition) is 4. The third kappa shape index (κ3) is 7.21. The lowest BCUT2D eigenvalue weighted by Crippen LogP contribution is -2.39. The standard InChI is InChI=1S/C20H21Cl2N3O3/c1-13(2)10-23-19(26)20(27)25-24-11-15-5-8-18(17(22)9-15)28-12-14-3-6-16(21)7-4-14/h3-9,11,13H,10,12H2,1-2H3,(H,23,26)(H,25,27)/b24-11-. The van der Waals surface area contributed by atoms with Crippen molar-refractivity contribution in [3.63, 3.8) is 0 Å². The van der Waals surface area contributed by atoms with Crippen LogP contribution in [0.1, 0.15) is 25.0 Å². The summed E-state index contributed by atoms with van der Waals surface area (Å²) >= 11 is 12.1. The summed E-state index contributed by atoms with van der Waals surface area (Å²) in [4.78, 5) is 23.2. The smallest absolute Gasteiger partial charge is 0.329 e. The van der Waals surface area contributed by atoms with E-state index in [0.29, 0.717) is 34.5 Å². The predicted molar refractivity (Wildman–Crippen MR) is 111 cm³/mol. The Bertz CT molecular complexity index is 852. The summed E-state index contributed by atoms with van der Waals surface area (Å²) in [6.45, 7) is 4.64. The fraction of sp³-hybridized carbons (Fsp3) is 0.250. The Balaban J connectivity index is 1.87. The topological polar surface area (TPSA) is 79.8 Å². The van der Waals surface area contributed by atoms with Crippen LogP contribution in [0.15, 0.2) is 47.6 Å². The first-order valence-corrected chi connectivity index (χ1v) is 9.38. The Morgan fingerprint density at radius 3 is 2.46 bits per heavy atom. The molecule has 0 saturated carbocycles. The summed E-state index contributed by atoms with van der Waals surface area (Å²) in [6, 6.07) is 12.4. The molecular weight excluding hydrogens is 401 g/mol. The molecule has 0 spiro atoms. The zero-order valence-electron chi connectivity index (χ0n) is 15.5. The first-order valence-electron chi connectivity index (χ1n) is 8.63. The van der Waals surface area contributed by atoms with Crippen molar-refractivity contribution < 1.29 is 14.3 Å². The van der Waals surface area contributed by atoms with Gasteiger partial charge in [0.05, 0.1) is 11.2 Å². The van der Waals surface area contributed by atoms with Gasteiger partial charge in [-0.3, -0.25) is 9.59 Å². The van der Waals surface area contributed by atoms with Crippen LogP contribution in [-0.2, 0) is 16.2 Å². The van der Waals surface area contributed by atoms with Gasteiger partial charge in [0.2, 0.25) is 0 Å². The normalized spacial score (nSPS) is 10.9. The van der Waals surface area contributed by atoms with Gasteiger partial charge in [0.25, 0.3) is 0 Å². The van der Waals surface area contributed by atoms with E-state index in [-0.39, 0.29) is 5.92 Å². The van der Waals surface area contributed by atoms with Crippen LogP contribution in [0.5, 0.6) is 5.75 Å². The summed E-state index contributed by atoms with van der Waals surface area (Å²) < 4.78 is 5.70. The highest BCUT2D eigenvalue weighted by Crippen LogP contribution is 2.26. The van der Waals surface area contributed by atoms with E-state index in [4.69, 9.17) is 27.9 Å². The molecule has 2 aromatic rings. The zero-order chi connectivity index (χ0) is 20.5. The van der Waals surface area contributed by atoms with E-state index < -0.39 is 11.8 Å². The molecule has 0 aliphatic carbocycles. The molecule has 0 aliphatic heterocycles. The second-order valence-corrected chi connectivity index (χ2v) is 7.25. The number of carbonyl (C=O) groups excluding carboxylic acids is 2. The van der Waals surface area contributed by atoms with Crippen molar-refractivity contribution in [2.24, 2.45) is 11.0 Å². The second kappa shape index (κ2) is 10.7. The van der Waals surface area contributed by atoms with Crippen molar-refractivity contribution in [1.82, 2.24) is 10.7 Å². The maximum Gasteiger partial charge on any atom is 0.329 e. The van der Waals surface area contributed by atoms with Gasteiger partial charge in [0, 0.05) is 11.6 Å². The van der Waals surface area contributed by atoms with Crippen LogP contribution in [0.2, 0.25) is 10.0 Å². The molecule has 0 bridgehead atoms. The molecule has 2 amide bonds. The van der Waals surface area contributed by atoms with Gasteiger partial charge in [-0.2, -0.15) is 5.10 Å². The van der Waals surface area contributed by atoms with E-state index in [1.54, 1.807) is 30.3 Å². The van der Waals surface area contributed by atoms with Gasteiger partial charge in [-0.05, 0) is 47.4 Å². The monoisotopic (exact) mass is 421 g/mol. The molecule has 2 aromatic carbocycles. The molecule has 6 nitrogen and oxygen atoms in total. The van der Waals surface area contributed by atoms with Crippen molar-refractivity contribution in [2.45, 2.75) is 20.5 Å². The van der Waals surface area contributed by atoms with E-state index in [9.17, 15) is 9.59 Å². The minimum atomic E-state index is -0.828. The van der Waals surface area contributed by atoms with Crippen LogP contribution < -0.4 is 15.5 Å². The molecule has 2 rings (SSSR count). The third-order valence-electron chi connectivity index (χ3n) is 3.52. The molecule has 28 heavy (non-hydrogen) atoms. The minimum absolute atomic E-state index is 0.253. The van der Waals surface area contributed by atoms with Crippen LogP contribution in [0.3, 0.4) is 0 Å². The maximum atomic E-state index is 11.6. The van der Waals surface area contributed by atoms with Crippen molar-refractivity contribution >= 4 is 41.2 Å². The number of nitrogens with zero attached hydrogens (tertiary/aromatic N) is 1. The number of halogens is 2. The fourth-order valence-corrected chi connectivity index (χ4v) is 2.42. The molecule has 0 atom stereocenters. The SMILES string of the molecule is CC(C)CNC(=O)C(=O)N/N=C\c1ccc(OCc2ccc(Cl)cc2)c(Cl)c1. The number of hydrazone groups is 1. The summed E-state index contributed by atoms with van der Waals surface area (Å²) in [5.74, 6) is -0.783. The average Bonchev–Trinajstić information content (AvgIpc) is 2.66. The number of ether oxygens (including phenoxy) is 1. The van der Waals surface area contributed by atoms with Crippen molar-refractivity contribution in [3.05, 3.63) is 63.6 Å². The predicted octanol–water partition coefficient (Wildman–Crippen LogP) is 3.79. The molecule has 0 aromatic heterocycles. The van der Waals surface area contributed by atoms with Gasteiger partial charge in [-0.15, -0.1) is 0 Å². The highest BCUT2D eigenvalue weighted by atomic mass is 35.5. The van der Waals surface area contributed by atoms with Gasteiger partial charge >= 0.3 is 11.8 Å². The van der Waals surface area contributed by atoms with E-state index >= 15 is 0 Å². The van der Waals surface area contributed by atoms with Gasteiger partial charge < -0.3 is 10.1 Å². The van der Waals surface area contributed by atoms with Gasteiger partial charge in [0.1, 0.15) is 12.4 Å². The van der Waals surface area contributed by atoms with E-state index in [0.717, 1.165) is 5.56 Å². The molecule has 0 aliphatic rings. The number of amides is 2. The number of carbonyl (C=O) groups is 2. The van der Waals surface area contributed by atoms with Gasteiger partial charge in [-0.1, -0.05) is 49.2 Å². The zero-order valence-corrected chi connectivity index (χ0v) is 17.1. The Labute approximate surface area is 173 Å². The summed E-state index contributed by atoms with van der Waals surface area (Å²) in [7, 11) is 0. The molecule has 148 valence electrons. The first-order chi connectivity index (χ1) is 13.3. The van der Waals surface area contributed by atoms with Crippen LogP contribution in [0, 0.1) is 5.92 Å². The van der Waals surface area contributed by atoms with E-state index in [2.05, 4.69) is 15.8 Å². The largest absolute Gasteiger partial charge is 0.487 e. The lowest BCUT2D eigenvalue weighted by molar-refractivity contribution is -0.139. The molecule has 8 heteroatoms. The quantitative estimate of drug-likeness (QED) is 0.405. The Kier molecular flexibility index (Phi) is 8.29. The van der Waals surface area contributed by atoms with Gasteiger partial charge in [-0.25, -0.2) is 5.43 Å². The number of nitrogens with one attached hydrogen (secondary N) is 2. The fourth-order valence-electron chi connectivity index (χ4n) is 2.05. The molecule has 0 fully saturated rings. The van der Waals surface area contributed by atoms with Crippen LogP contribution in [0.4, 0.5) is 0 Å². The average molecular weight is 422 g/mol. The Hall–Kier alpha value is -2.57. The third-order valence-corrected chi connectivity index (χ3v) is 4.07. The summed E-state index contributed by atoms with van der Waals surface area (Å²) in [5, 5.41) is 7.34. The highest BCUT2D eigenvalue weighted by molar-refractivity contribution is 6.35. The lowest BCUT2D eigenvalue weighted by atomic mass is 10.2. The Morgan fingerprint density at radius 1 is 1.11 bits per heavy atom. The maximum absolute atomic E-state index is 11.6. The Morgan fingerprint density at radius 2 is 1.82 bits per heavy atom. The molecular formula is C20H21Cl2N3O3. The van der Waals surface area contributed by atoms with Crippen molar-refractivity contribution in [2.75, 3.05) is 6.54 Å². The van der Waals surface area contributed by atoms with Crippen LogP contribution in [-0.4, -0.2) is 24.6 Å². The van der Waals surface area contributed by atoms with Crippen LogP contribution in [0.25, 0.3) is 0 Å². The molecule has 0 saturated heterocycles.